The van der Waals surface area contributed by atoms with E-state index in [2.05, 4.69) is 60.2 Å². The molecule has 0 saturated carbocycles. The Balaban J connectivity index is 1.69. The normalized spacial score (nSPS) is 12.4. The van der Waals surface area contributed by atoms with E-state index in [1.54, 1.807) is 18.7 Å². The third-order valence-corrected chi connectivity index (χ3v) is 4.68. The zero-order chi connectivity index (χ0) is 18.8. The lowest BCUT2D eigenvalue weighted by molar-refractivity contribution is 0.336. The summed E-state index contributed by atoms with van der Waals surface area (Å²) in [5.41, 5.74) is 1.67. The van der Waals surface area contributed by atoms with E-state index in [1.165, 1.54) is 0 Å². The predicted molar refractivity (Wildman–Crippen MR) is 106 cm³/mol. The topological polar surface area (TPSA) is 89.6 Å². The van der Waals surface area contributed by atoms with E-state index < -0.39 is 0 Å². The number of hydrogen-bond donors (Lipinski definition) is 1. The highest BCUT2D eigenvalue weighted by molar-refractivity contribution is 9.10. The Morgan fingerprint density at radius 1 is 1.15 bits per heavy atom. The summed E-state index contributed by atoms with van der Waals surface area (Å²) < 4.78 is 6.51. The summed E-state index contributed by atoms with van der Waals surface area (Å²) >= 11 is 3.51. The standard InChI is InChI=1S/C19H17BrN6O/c1-11(2)16(19-25-17(26-27-19)12-4-3-7-21-9-12)24-18-14-8-13(20)5-6-15(14)22-10-23-18/h3-11,16H,1-2H3,(H,22,23,24). The van der Waals surface area contributed by atoms with Gasteiger partial charge >= 0.3 is 0 Å². The highest BCUT2D eigenvalue weighted by Crippen LogP contribution is 2.30. The lowest BCUT2D eigenvalue weighted by Crippen LogP contribution is -2.18. The van der Waals surface area contributed by atoms with Crippen LogP contribution in [0.2, 0.25) is 0 Å². The first-order valence-corrected chi connectivity index (χ1v) is 9.32. The highest BCUT2D eigenvalue weighted by Gasteiger charge is 2.24. The number of benzene rings is 1. The lowest BCUT2D eigenvalue weighted by Gasteiger charge is -2.20. The van der Waals surface area contributed by atoms with Crippen molar-refractivity contribution in [2.24, 2.45) is 5.92 Å². The van der Waals surface area contributed by atoms with Crippen molar-refractivity contribution < 1.29 is 4.52 Å². The summed E-state index contributed by atoms with van der Waals surface area (Å²) in [6.45, 7) is 4.18. The van der Waals surface area contributed by atoms with E-state index in [0.717, 1.165) is 26.8 Å². The van der Waals surface area contributed by atoms with E-state index in [0.29, 0.717) is 11.7 Å². The fourth-order valence-corrected chi connectivity index (χ4v) is 3.14. The molecule has 0 radical (unpaired) electrons. The SMILES string of the molecule is CC(C)C(Nc1ncnc2ccc(Br)cc12)c1nc(-c2cccnc2)no1. The number of fused-ring (bicyclic) bond motifs is 1. The van der Waals surface area contributed by atoms with E-state index in [-0.39, 0.29) is 12.0 Å². The third-order valence-electron chi connectivity index (χ3n) is 4.18. The Kier molecular flexibility index (Phi) is 4.81. The monoisotopic (exact) mass is 424 g/mol. The number of pyridine rings is 1. The Morgan fingerprint density at radius 3 is 2.81 bits per heavy atom. The Bertz CT molecular complexity index is 1070. The molecule has 1 aromatic carbocycles. The molecule has 3 heterocycles. The molecule has 0 saturated heterocycles. The molecule has 3 aromatic heterocycles. The Hall–Kier alpha value is -2.87. The minimum Gasteiger partial charge on any atom is -0.358 e. The van der Waals surface area contributed by atoms with Gasteiger partial charge in [-0.1, -0.05) is 34.9 Å². The molecule has 7 nitrogen and oxygen atoms in total. The number of rotatable bonds is 5. The van der Waals surface area contributed by atoms with Crippen LogP contribution in [0.5, 0.6) is 0 Å². The molecule has 1 unspecified atom stereocenters. The largest absolute Gasteiger partial charge is 0.358 e. The molecular formula is C19H17BrN6O. The van der Waals surface area contributed by atoms with Gasteiger partial charge in [0, 0.05) is 27.8 Å². The van der Waals surface area contributed by atoms with Gasteiger partial charge < -0.3 is 9.84 Å². The summed E-state index contributed by atoms with van der Waals surface area (Å²) in [6, 6.07) is 9.44. The minimum atomic E-state index is -0.194. The van der Waals surface area contributed by atoms with Crippen molar-refractivity contribution in [2.45, 2.75) is 19.9 Å². The minimum absolute atomic E-state index is 0.194. The maximum Gasteiger partial charge on any atom is 0.249 e. The van der Waals surface area contributed by atoms with E-state index in [1.807, 2.05) is 30.3 Å². The number of hydrogen-bond acceptors (Lipinski definition) is 7. The van der Waals surface area contributed by atoms with Gasteiger partial charge in [-0.25, -0.2) is 9.97 Å². The van der Waals surface area contributed by atoms with Crippen LogP contribution in [0, 0.1) is 5.92 Å². The number of aromatic nitrogens is 5. The molecule has 0 aliphatic rings. The predicted octanol–water partition coefficient (Wildman–Crippen LogP) is 4.65. The number of halogens is 1. The van der Waals surface area contributed by atoms with Crippen LogP contribution >= 0.6 is 15.9 Å². The van der Waals surface area contributed by atoms with Gasteiger partial charge in [0.1, 0.15) is 18.2 Å². The van der Waals surface area contributed by atoms with Crippen LogP contribution in [0.3, 0.4) is 0 Å². The first-order valence-electron chi connectivity index (χ1n) is 8.52. The van der Waals surface area contributed by atoms with Crippen LogP contribution < -0.4 is 5.32 Å². The van der Waals surface area contributed by atoms with Crippen molar-refractivity contribution in [1.82, 2.24) is 25.1 Å². The second kappa shape index (κ2) is 7.40. The summed E-state index contributed by atoms with van der Waals surface area (Å²) in [7, 11) is 0. The number of nitrogens with zero attached hydrogens (tertiary/aromatic N) is 5. The van der Waals surface area contributed by atoms with Gasteiger partial charge in [0.25, 0.3) is 0 Å². The second-order valence-electron chi connectivity index (χ2n) is 6.45. The summed E-state index contributed by atoms with van der Waals surface area (Å²) in [5.74, 6) is 1.94. The van der Waals surface area contributed by atoms with Crippen LogP contribution in [-0.2, 0) is 0 Å². The Morgan fingerprint density at radius 2 is 2.04 bits per heavy atom. The molecule has 0 fully saturated rings. The van der Waals surface area contributed by atoms with E-state index in [4.69, 9.17) is 4.52 Å². The van der Waals surface area contributed by atoms with E-state index >= 15 is 0 Å². The van der Waals surface area contributed by atoms with Crippen LogP contribution in [0.15, 0.2) is 58.0 Å². The van der Waals surface area contributed by atoms with Gasteiger partial charge in [0.15, 0.2) is 0 Å². The average molecular weight is 425 g/mol. The molecule has 27 heavy (non-hydrogen) atoms. The molecule has 4 aromatic rings. The molecular weight excluding hydrogens is 408 g/mol. The van der Waals surface area contributed by atoms with Crippen molar-refractivity contribution in [1.29, 1.82) is 0 Å². The van der Waals surface area contributed by atoms with Crippen molar-refractivity contribution in [2.75, 3.05) is 5.32 Å². The van der Waals surface area contributed by atoms with Gasteiger partial charge in [-0.15, -0.1) is 0 Å². The van der Waals surface area contributed by atoms with Gasteiger partial charge in [-0.05, 0) is 36.2 Å². The lowest BCUT2D eigenvalue weighted by atomic mass is 10.0. The molecule has 0 aliphatic heterocycles. The summed E-state index contributed by atoms with van der Waals surface area (Å²) in [5, 5.41) is 8.47. The first kappa shape index (κ1) is 17.5. The van der Waals surface area contributed by atoms with Crippen LogP contribution in [-0.4, -0.2) is 25.1 Å². The fourth-order valence-electron chi connectivity index (χ4n) is 2.78. The van der Waals surface area contributed by atoms with Gasteiger partial charge in [0.2, 0.25) is 11.7 Å². The molecule has 8 heteroatoms. The zero-order valence-electron chi connectivity index (χ0n) is 14.8. The molecule has 4 rings (SSSR count). The fraction of sp³-hybridized carbons (Fsp3) is 0.211. The average Bonchev–Trinajstić information content (AvgIpc) is 3.16. The van der Waals surface area contributed by atoms with Crippen LogP contribution in [0.4, 0.5) is 5.82 Å². The molecule has 1 N–H and O–H groups in total. The smallest absolute Gasteiger partial charge is 0.249 e. The summed E-state index contributed by atoms with van der Waals surface area (Å²) in [6.07, 6.45) is 4.97. The van der Waals surface area contributed by atoms with Crippen molar-refractivity contribution >= 4 is 32.7 Å². The molecule has 0 bridgehead atoms. The van der Waals surface area contributed by atoms with Crippen molar-refractivity contribution in [3.8, 4) is 11.4 Å². The van der Waals surface area contributed by atoms with Crippen molar-refractivity contribution in [3.63, 3.8) is 0 Å². The Labute approximate surface area is 164 Å². The van der Waals surface area contributed by atoms with Crippen LogP contribution in [0.1, 0.15) is 25.8 Å². The third kappa shape index (κ3) is 3.66. The molecule has 1 atom stereocenters. The van der Waals surface area contributed by atoms with Gasteiger partial charge in [-0.3, -0.25) is 4.98 Å². The van der Waals surface area contributed by atoms with Crippen LogP contribution in [0.25, 0.3) is 22.3 Å². The molecule has 136 valence electrons. The maximum absolute atomic E-state index is 5.55. The maximum atomic E-state index is 5.55. The second-order valence-corrected chi connectivity index (χ2v) is 7.36. The summed E-state index contributed by atoms with van der Waals surface area (Å²) in [4.78, 5) is 17.4. The van der Waals surface area contributed by atoms with Crippen molar-refractivity contribution in [3.05, 3.63) is 59.4 Å². The quantitative estimate of drug-likeness (QED) is 0.498. The number of nitrogens with one attached hydrogen (secondary N) is 1. The van der Waals surface area contributed by atoms with E-state index in [9.17, 15) is 0 Å². The number of anilines is 1. The zero-order valence-corrected chi connectivity index (χ0v) is 16.4. The van der Waals surface area contributed by atoms with Gasteiger partial charge in [0.05, 0.1) is 5.52 Å². The first-order chi connectivity index (χ1) is 13.1. The highest BCUT2D eigenvalue weighted by atomic mass is 79.9. The van der Waals surface area contributed by atoms with Gasteiger partial charge in [-0.2, -0.15) is 4.98 Å². The molecule has 0 spiro atoms. The molecule has 0 amide bonds. The molecule has 0 aliphatic carbocycles.